The molecule has 0 saturated heterocycles. The van der Waals surface area contributed by atoms with Crippen LogP contribution in [-0.2, 0) is 9.68 Å². The van der Waals surface area contributed by atoms with Crippen molar-refractivity contribution in [2.45, 2.75) is 25.7 Å². The average molecular weight is 289 g/mol. The van der Waals surface area contributed by atoms with E-state index in [0.717, 1.165) is 0 Å². The zero-order valence-corrected chi connectivity index (χ0v) is 10.9. The molecule has 0 aromatic heterocycles. The van der Waals surface area contributed by atoms with Crippen molar-refractivity contribution in [2.75, 3.05) is 0 Å². The molecule has 0 aliphatic carbocycles. The highest BCUT2D eigenvalue weighted by molar-refractivity contribution is 6.25. The van der Waals surface area contributed by atoms with Gasteiger partial charge in [-0.3, -0.25) is 29.5 Å². The van der Waals surface area contributed by atoms with Crippen molar-refractivity contribution in [1.29, 1.82) is 0 Å². The van der Waals surface area contributed by atoms with Crippen LogP contribution in [-0.4, -0.2) is 23.6 Å². The number of Topliss-reactive ketones (excluding diaryl/α,β-unsaturated/α-hetero) is 1. The normalized spacial score (nSPS) is 18.3. The minimum Gasteiger partial charge on any atom is -0.294 e. The Bertz CT molecular complexity index is 678. The first kappa shape index (κ1) is 13.3. The Hall–Kier alpha value is -2.70. The molecule has 0 spiro atoms. The quantitative estimate of drug-likeness (QED) is 0.568. The summed E-state index contributed by atoms with van der Waals surface area (Å²) >= 11 is 0. The summed E-state index contributed by atoms with van der Waals surface area (Å²) in [4.78, 5) is 56.7. The van der Waals surface area contributed by atoms with Crippen LogP contribution in [0.1, 0.15) is 56.8 Å². The van der Waals surface area contributed by atoms with Crippen LogP contribution in [0, 0.1) is 0 Å². The van der Waals surface area contributed by atoms with Crippen molar-refractivity contribution in [1.82, 2.24) is 5.32 Å². The van der Waals surface area contributed by atoms with Gasteiger partial charge in [-0.05, 0) is 25.0 Å². The van der Waals surface area contributed by atoms with Gasteiger partial charge in [0, 0.05) is 6.42 Å². The van der Waals surface area contributed by atoms with E-state index in [0.29, 0.717) is 12.8 Å². The topological polar surface area (TPSA) is 98.8 Å². The maximum atomic E-state index is 12.3. The first-order valence-corrected chi connectivity index (χ1v) is 6.51. The van der Waals surface area contributed by atoms with Gasteiger partial charge in [0.25, 0.3) is 11.8 Å². The molecule has 3 rings (SSSR count). The number of carbonyl (C=O) groups excluding carboxylic acids is 4. The van der Waals surface area contributed by atoms with E-state index >= 15 is 0 Å². The largest absolute Gasteiger partial charge is 0.355 e. The third-order valence-electron chi connectivity index (χ3n) is 3.40. The van der Waals surface area contributed by atoms with Crippen LogP contribution < -0.4 is 10.2 Å². The van der Waals surface area contributed by atoms with Crippen molar-refractivity contribution in [2.24, 2.45) is 0 Å². The lowest BCUT2D eigenvalue weighted by atomic mass is 9.95. The number of hydrogen-bond donors (Lipinski definition) is 1. The van der Waals surface area contributed by atoms with E-state index in [2.05, 4.69) is 10.2 Å². The second-order valence-electron chi connectivity index (χ2n) is 4.81. The van der Waals surface area contributed by atoms with E-state index in [1.807, 2.05) is 0 Å². The number of nitrogens with one attached hydrogen (secondary N) is 1. The summed E-state index contributed by atoms with van der Waals surface area (Å²) < 4.78 is 0. The Labute approximate surface area is 119 Å². The predicted molar refractivity (Wildman–Crippen MR) is 67.8 cm³/mol. The summed E-state index contributed by atoms with van der Waals surface area (Å²) in [6.07, 6.45) is 1.31. The minimum atomic E-state index is -0.646. The van der Waals surface area contributed by atoms with Crippen LogP contribution in [0.25, 0.3) is 0 Å². The van der Waals surface area contributed by atoms with Gasteiger partial charge >= 0.3 is 5.97 Å². The van der Waals surface area contributed by atoms with Gasteiger partial charge in [0.2, 0.25) is 0 Å². The van der Waals surface area contributed by atoms with Crippen molar-refractivity contribution >= 4 is 23.6 Å². The summed E-state index contributed by atoms with van der Waals surface area (Å²) in [5.74, 6) is -2.09. The SMILES string of the molecule is O=C1CCCCC(=O)c2c(ccc3c2C(=O)NC3=O)OO1. The minimum absolute atomic E-state index is 0.00875. The molecule has 0 radical (unpaired) electrons. The number of fused-ring (bicyclic) bond motifs is 3. The standard InChI is InChI=1S/C14H11NO6/c16-8-3-1-2-4-10(17)21-20-9-6-5-7-11(12(8)9)14(19)15-13(7)18/h5-6H,1-4H2,(H,15,18,19). The molecule has 1 N–H and O–H groups in total. The van der Waals surface area contributed by atoms with E-state index in [-0.39, 0.29) is 41.1 Å². The summed E-state index contributed by atoms with van der Waals surface area (Å²) in [7, 11) is 0. The molecule has 0 unspecified atom stereocenters. The van der Waals surface area contributed by atoms with E-state index in [1.54, 1.807) is 0 Å². The third kappa shape index (κ3) is 2.26. The molecular weight excluding hydrogens is 278 g/mol. The number of rotatable bonds is 0. The Kier molecular flexibility index (Phi) is 3.17. The first-order chi connectivity index (χ1) is 10.1. The highest BCUT2D eigenvalue weighted by atomic mass is 17.2. The fourth-order valence-corrected chi connectivity index (χ4v) is 2.40. The molecule has 1 aromatic carbocycles. The number of hydrogen-bond acceptors (Lipinski definition) is 6. The van der Waals surface area contributed by atoms with Crippen LogP contribution >= 0.6 is 0 Å². The van der Waals surface area contributed by atoms with Gasteiger partial charge in [0.05, 0.1) is 23.1 Å². The first-order valence-electron chi connectivity index (χ1n) is 6.51. The van der Waals surface area contributed by atoms with Crippen molar-refractivity contribution in [3.05, 3.63) is 28.8 Å². The highest BCUT2D eigenvalue weighted by Gasteiger charge is 2.34. The Morgan fingerprint density at radius 3 is 2.43 bits per heavy atom. The predicted octanol–water partition coefficient (Wildman–Crippen LogP) is 1.16. The lowest BCUT2D eigenvalue weighted by Gasteiger charge is -2.13. The second kappa shape index (κ2) is 5.01. The van der Waals surface area contributed by atoms with Crippen LogP contribution in [0.15, 0.2) is 12.1 Å². The van der Waals surface area contributed by atoms with Gasteiger partial charge < -0.3 is 0 Å². The number of benzene rings is 1. The second-order valence-corrected chi connectivity index (χ2v) is 4.81. The van der Waals surface area contributed by atoms with Crippen molar-refractivity contribution in [3.8, 4) is 5.75 Å². The molecule has 2 aliphatic rings. The Morgan fingerprint density at radius 2 is 1.62 bits per heavy atom. The molecule has 2 aliphatic heterocycles. The maximum absolute atomic E-state index is 12.3. The highest BCUT2D eigenvalue weighted by Crippen LogP contribution is 2.31. The Balaban J connectivity index is 2.13. The lowest BCUT2D eigenvalue weighted by Crippen LogP contribution is -2.21. The van der Waals surface area contributed by atoms with Crippen molar-refractivity contribution < 1.29 is 29.0 Å². The summed E-state index contributed by atoms with van der Waals surface area (Å²) in [6, 6.07) is 2.71. The summed E-state index contributed by atoms with van der Waals surface area (Å²) in [5.41, 5.74) is 0.101. The molecule has 0 bridgehead atoms. The van der Waals surface area contributed by atoms with Gasteiger partial charge in [0.15, 0.2) is 11.5 Å². The van der Waals surface area contributed by atoms with Gasteiger partial charge in [-0.1, -0.05) is 0 Å². The fourth-order valence-electron chi connectivity index (χ4n) is 2.40. The van der Waals surface area contributed by atoms with Crippen LogP contribution in [0.4, 0.5) is 0 Å². The smallest absolute Gasteiger partial charge is 0.294 e. The molecule has 108 valence electrons. The molecular formula is C14H11NO6. The molecule has 0 atom stereocenters. The molecule has 0 saturated carbocycles. The molecule has 7 heteroatoms. The monoisotopic (exact) mass is 289 g/mol. The zero-order valence-electron chi connectivity index (χ0n) is 10.9. The fraction of sp³-hybridized carbons (Fsp3) is 0.286. The van der Waals surface area contributed by atoms with E-state index in [9.17, 15) is 19.2 Å². The zero-order chi connectivity index (χ0) is 15.0. The van der Waals surface area contributed by atoms with Crippen molar-refractivity contribution in [3.63, 3.8) is 0 Å². The van der Waals surface area contributed by atoms with Gasteiger partial charge in [-0.15, -0.1) is 0 Å². The van der Waals surface area contributed by atoms with Crippen LogP contribution in [0.5, 0.6) is 5.75 Å². The molecule has 21 heavy (non-hydrogen) atoms. The summed E-state index contributed by atoms with van der Waals surface area (Å²) in [5, 5.41) is 2.13. The van der Waals surface area contributed by atoms with E-state index in [1.165, 1.54) is 12.1 Å². The van der Waals surface area contributed by atoms with Crippen LogP contribution in [0.2, 0.25) is 0 Å². The number of ketones is 1. The molecule has 2 heterocycles. The number of carbonyl (C=O) groups is 4. The number of imide groups is 1. The summed E-state index contributed by atoms with van der Waals surface area (Å²) in [6.45, 7) is 0. The molecule has 7 nitrogen and oxygen atoms in total. The van der Waals surface area contributed by atoms with Gasteiger partial charge in [-0.25, -0.2) is 4.79 Å². The average Bonchev–Trinajstić information content (AvgIpc) is 2.75. The Morgan fingerprint density at radius 1 is 0.857 bits per heavy atom. The van der Waals surface area contributed by atoms with Crippen LogP contribution in [0.3, 0.4) is 0 Å². The molecule has 0 fully saturated rings. The molecule has 2 amide bonds. The van der Waals surface area contributed by atoms with E-state index < -0.39 is 17.8 Å². The van der Waals surface area contributed by atoms with Gasteiger partial charge in [0.1, 0.15) is 0 Å². The van der Waals surface area contributed by atoms with Gasteiger partial charge in [-0.2, -0.15) is 0 Å². The maximum Gasteiger partial charge on any atom is 0.355 e. The molecule has 1 aromatic rings. The lowest BCUT2D eigenvalue weighted by molar-refractivity contribution is -0.214. The van der Waals surface area contributed by atoms with E-state index in [4.69, 9.17) is 4.89 Å². The third-order valence-corrected chi connectivity index (χ3v) is 3.40. The number of amides is 2.